The number of aromatic nitrogens is 1. The number of nitrogens with two attached hydrogens (primary N) is 2. The van der Waals surface area contributed by atoms with Crippen LogP contribution in [0.4, 0.5) is 10.1 Å². The van der Waals surface area contributed by atoms with Crippen molar-refractivity contribution in [3.8, 4) is 0 Å². The molecule has 104 valence electrons. The van der Waals surface area contributed by atoms with Gasteiger partial charge in [0.25, 0.3) is 5.91 Å². The lowest BCUT2D eigenvalue weighted by Crippen LogP contribution is -2.17. The number of hydrogen-bond donors (Lipinski definition) is 2. The standard InChI is InChI=1S/C12H10FN3O3S/c13-7-1-3-8(4-2-7)20(18,19)10-6-5-9(14)11(16-10)12(15)17/h1-6H,14H2,(H2,15,17). The van der Waals surface area contributed by atoms with Crippen molar-refractivity contribution >= 4 is 21.4 Å². The molecule has 0 aliphatic rings. The van der Waals surface area contributed by atoms with Crippen molar-refractivity contribution in [2.45, 2.75) is 9.92 Å². The minimum atomic E-state index is -3.97. The van der Waals surface area contributed by atoms with E-state index in [2.05, 4.69) is 4.98 Å². The summed E-state index contributed by atoms with van der Waals surface area (Å²) in [5.74, 6) is -1.49. The predicted molar refractivity (Wildman–Crippen MR) is 69.0 cm³/mol. The first-order chi connectivity index (χ1) is 9.32. The highest BCUT2D eigenvalue weighted by atomic mass is 32.2. The number of carbonyl (C=O) groups is 1. The second-order valence-electron chi connectivity index (χ2n) is 3.91. The zero-order valence-electron chi connectivity index (χ0n) is 10.1. The summed E-state index contributed by atoms with van der Waals surface area (Å²) < 4.78 is 37.3. The van der Waals surface area contributed by atoms with Gasteiger partial charge in [0, 0.05) is 0 Å². The fourth-order valence-corrected chi connectivity index (χ4v) is 2.73. The van der Waals surface area contributed by atoms with E-state index in [1.165, 1.54) is 6.07 Å². The number of hydrogen-bond acceptors (Lipinski definition) is 5. The maximum absolute atomic E-state index is 12.8. The summed E-state index contributed by atoms with van der Waals surface area (Å²) in [5, 5.41) is -0.382. The van der Waals surface area contributed by atoms with E-state index < -0.39 is 21.6 Å². The number of benzene rings is 1. The van der Waals surface area contributed by atoms with Crippen LogP contribution in [0, 0.1) is 5.82 Å². The molecule has 0 unspecified atom stereocenters. The molecule has 0 radical (unpaired) electrons. The molecule has 0 saturated heterocycles. The number of sulfone groups is 1. The van der Waals surface area contributed by atoms with Crippen LogP contribution in [-0.4, -0.2) is 19.3 Å². The van der Waals surface area contributed by atoms with Gasteiger partial charge in [-0.1, -0.05) is 0 Å². The van der Waals surface area contributed by atoms with Crippen LogP contribution >= 0.6 is 0 Å². The maximum atomic E-state index is 12.8. The van der Waals surface area contributed by atoms with Gasteiger partial charge in [0.2, 0.25) is 9.84 Å². The molecule has 1 aromatic carbocycles. The average molecular weight is 295 g/mol. The van der Waals surface area contributed by atoms with Crippen molar-refractivity contribution in [1.29, 1.82) is 0 Å². The molecular weight excluding hydrogens is 285 g/mol. The lowest BCUT2D eigenvalue weighted by atomic mass is 10.3. The number of halogens is 1. The Labute approximate surface area is 114 Å². The second kappa shape index (κ2) is 4.89. The third-order valence-corrected chi connectivity index (χ3v) is 4.20. The molecule has 2 rings (SSSR count). The highest BCUT2D eigenvalue weighted by Gasteiger charge is 2.21. The Balaban J connectivity index is 2.58. The molecule has 1 aromatic heterocycles. The molecule has 0 aliphatic carbocycles. The van der Waals surface area contributed by atoms with E-state index in [1.54, 1.807) is 0 Å². The van der Waals surface area contributed by atoms with Gasteiger partial charge in [-0.25, -0.2) is 17.8 Å². The highest BCUT2D eigenvalue weighted by Crippen LogP contribution is 2.21. The first-order valence-electron chi connectivity index (χ1n) is 5.39. The molecule has 0 saturated carbocycles. The van der Waals surface area contributed by atoms with E-state index in [0.29, 0.717) is 0 Å². The molecule has 1 amide bonds. The van der Waals surface area contributed by atoms with Gasteiger partial charge >= 0.3 is 0 Å². The fourth-order valence-electron chi connectivity index (χ4n) is 1.53. The van der Waals surface area contributed by atoms with Crippen molar-refractivity contribution < 1.29 is 17.6 Å². The van der Waals surface area contributed by atoms with Crippen LogP contribution in [0.1, 0.15) is 10.5 Å². The smallest absolute Gasteiger partial charge is 0.269 e. The third kappa shape index (κ3) is 2.45. The molecular formula is C12H10FN3O3S. The maximum Gasteiger partial charge on any atom is 0.269 e. The van der Waals surface area contributed by atoms with Crippen molar-refractivity contribution in [3.05, 3.63) is 47.9 Å². The molecule has 0 spiro atoms. The lowest BCUT2D eigenvalue weighted by molar-refractivity contribution is 0.0996. The molecule has 2 aromatic rings. The van der Waals surface area contributed by atoms with Crippen LogP contribution in [0.15, 0.2) is 46.3 Å². The van der Waals surface area contributed by atoms with Gasteiger partial charge < -0.3 is 11.5 Å². The number of nitrogens with zero attached hydrogens (tertiary/aromatic N) is 1. The Morgan fingerprint density at radius 2 is 1.70 bits per heavy atom. The minimum Gasteiger partial charge on any atom is -0.397 e. The molecule has 0 atom stereocenters. The molecule has 0 fully saturated rings. The van der Waals surface area contributed by atoms with E-state index >= 15 is 0 Å². The summed E-state index contributed by atoms with van der Waals surface area (Å²) in [5.41, 5.74) is 10.2. The zero-order valence-corrected chi connectivity index (χ0v) is 10.9. The molecule has 0 bridgehead atoms. The Kier molecular flexibility index (Phi) is 3.41. The Hall–Kier alpha value is -2.48. The number of pyridine rings is 1. The summed E-state index contributed by atoms with van der Waals surface area (Å²) in [6.07, 6.45) is 0. The van der Waals surface area contributed by atoms with Crippen LogP contribution < -0.4 is 11.5 Å². The zero-order chi connectivity index (χ0) is 14.9. The van der Waals surface area contributed by atoms with E-state index in [-0.39, 0.29) is 21.3 Å². The first kappa shape index (κ1) is 13.9. The summed E-state index contributed by atoms with van der Waals surface area (Å²) in [4.78, 5) is 14.6. The molecule has 8 heteroatoms. The quantitative estimate of drug-likeness (QED) is 0.810. The topological polar surface area (TPSA) is 116 Å². The molecule has 1 heterocycles. The van der Waals surface area contributed by atoms with Crippen LogP contribution in [-0.2, 0) is 9.84 Å². The SMILES string of the molecule is NC(=O)c1nc(S(=O)(=O)c2ccc(F)cc2)ccc1N. The molecule has 20 heavy (non-hydrogen) atoms. The third-order valence-electron chi connectivity index (χ3n) is 2.53. The van der Waals surface area contributed by atoms with Gasteiger partial charge in [-0.15, -0.1) is 0 Å². The number of primary amides is 1. The number of anilines is 1. The van der Waals surface area contributed by atoms with E-state index in [0.717, 1.165) is 30.3 Å². The number of amides is 1. The highest BCUT2D eigenvalue weighted by molar-refractivity contribution is 7.91. The number of carbonyl (C=O) groups excluding carboxylic acids is 1. The average Bonchev–Trinajstić information content (AvgIpc) is 2.39. The number of nitrogen functional groups attached to an aromatic ring is 1. The Bertz CT molecular complexity index is 773. The van der Waals surface area contributed by atoms with E-state index in [4.69, 9.17) is 11.5 Å². The summed E-state index contributed by atoms with van der Waals surface area (Å²) in [6.45, 7) is 0. The van der Waals surface area contributed by atoms with E-state index in [1.807, 2.05) is 0 Å². The van der Waals surface area contributed by atoms with Gasteiger partial charge in [0.05, 0.1) is 10.6 Å². The Morgan fingerprint density at radius 3 is 2.25 bits per heavy atom. The largest absolute Gasteiger partial charge is 0.397 e. The van der Waals surface area contributed by atoms with Gasteiger partial charge in [-0.3, -0.25) is 4.79 Å². The summed E-state index contributed by atoms with van der Waals surface area (Å²) in [6, 6.07) is 6.61. The molecule has 6 nitrogen and oxygen atoms in total. The predicted octanol–water partition coefficient (Wildman–Crippen LogP) is 0.735. The van der Waals surface area contributed by atoms with Crippen molar-refractivity contribution in [2.24, 2.45) is 5.73 Å². The van der Waals surface area contributed by atoms with E-state index in [9.17, 15) is 17.6 Å². The Morgan fingerprint density at radius 1 is 1.10 bits per heavy atom. The minimum absolute atomic E-state index is 0.0180. The van der Waals surface area contributed by atoms with Gasteiger partial charge in [0.1, 0.15) is 5.82 Å². The lowest BCUT2D eigenvalue weighted by Gasteiger charge is -2.06. The van der Waals surface area contributed by atoms with Crippen molar-refractivity contribution in [2.75, 3.05) is 5.73 Å². The van der Waals surface area contributed by atoms with Crippen LogP contribution in [0.2, 0.25) is 0 Å². The van der Waals surface area contributed by atoms with Gasteiger partial charge in [0.15, 0.2) is 10.7 Å². The monoisotopic (exact) mass is 295 g/mol. The van der Waals surface area contributed by atoms with Crippen LogP contribution in [0.25, 0.3) is 0 Å². The van der Waals surface area contributed by atoms with Crippen LogP contribution in [0.3, 0.4) is 0 Å². The molecule has 4 N–H and O–H groups in total. The molecule has 0 aliphatic heterocycles. The van der Waals surface area contributed by atoms with Crippen LogP contribution in [0.5, 0.6) is 0 Å². The first-order valence-corrected chi connectivity index (χ1v) is 6.87. The number of rotatable bonds is 3. The summed E-state index contributed by atoms with van der Waals surface area (Å²) in [7, 11) is -3.97. The van der Waals surface area contributed by atoms with Crippen molar-refractivity contribution in [1.82, 2.24) is 4.98 Å². The normalized spacial score (nSPS) is 11.2. The van der Waals surface area contributed by atoms with Crippen molar-refractivity contribution in [3.63, 3.8) is 0 Å². The fraction of sp³-hybridized carbons (Fsp3) is 0. The van der Waals surface area contributed by atoms with Gasteiger partial charge in [-0.2, -0.15) is 0 Å². The summed E-state index contributed by atoms with van der Waals surface area (Å²) >= 11 is 0. The second-order valence-corrected chi connectivity index (χ2v) is 5.81. The van der Waals surface area contributed by atoms with Gasteiger partial charge in [-0.05, 0) is 36.4 Å².